The van der Waals surface area contributed by atoms with Crippen molar-refractivity contribution in [3.05, 3.63) is 30.2 Å². The molecule has 1 saturated heterocycles. The highest BCUT2D eigenvalue weighted by atomic mass is 32.2. The minimum atomic E-state index is -3.85. The van der Waals surface area contributed by atoms with Gasteiger partial charge in [0, 0.05) is 38.1 Å². The van der Waals surface area contributed by atoms with Crippen molar-refractivity contribution in [1.82, 2.24) is 30.5 Å². The average Bonchev–Trinajstić information content (AvgIpc) is 3.49. The van der Waals surface area contributed by atoms with E-state index in [4.69, 9.17) is 6.42 Å². The first-order chi connectivity index (χ1) is 23.9. The monoisotopic (exact) mass is 760 g/mol. The zero-order valence-corrected chi connectivity index (χ0v) is 33.7. The van der Waals surface area contributed by atoms with E-state index in [9.17, 15) is 32.4 Å². The van der Waals surface area contributed by atoms with Gasteiger partial charge in [0.15, 0.2) is 0 Å². The third kappa shape index (κ3) is 9.43. The SMILES string of the molecule is C#CCC(NC(=O)[C@@H]1[C@@H]2[C@H](CN1C(=O)[C@@H](NC(=O)N[C@H](CN(C(C)C)S(=O)(=O)c1cccs1)C(C)(C)C)C(C)(C)C)C2(C)C)C(=O)C(=O)NCC=C. The van der Waals surface area contributed by atoms with Crippen molar-refractivity contribution in [1.29, 1.82) is 0 Å². The average molecular weight is 761 g/mol. The predicted molar refractivity (Wildman–Crippen MR) is 201 cm³/mol. The fourth-order valence-corrected chi connectivity index (χ4v) is 9.55. The number of terminal acetylenes is 1. The summed E-state index contributed by atoms with van der Waals surface area (Å²) < 4.78 is 28.7. The number of sulfonamides is 1. The number of likely N-dealkylation sites (tertiary alicyclic amines) is 1. The standard InChI is InChI=1S/C37H56N6O7S2/c1-13-16-24(29(44)32(46)38-18-14-2)39-31(45)28-27-23(37(27,11)12)20-42(28)33(47)30(36(8,9)10)41-34(48)40-25(35(5,6)7)21-43(22(3)4)52(49,50)26-17-15-19-51-26/h1,14-15,17,19,22-25,27-28,30H,2,16,18,20-21H2,3-12H3,(H,38,46)(H,39,45)(H2,40,41,48)/t23-,24?,25+,27-,28-,30+/m0/s1. The van der Waals surface area contributed by atoms with Crippen LogP contribution in [0.1, 0.15) is 75.7 Å². The van der Waals surface area contributed by atoms with Crippen LogP contribution < -0.4 is 21.3 Å². The van der Waals surface area contributed by atoms with E-state index >= 15 is 0 Å². The van der Waals surface area contributed by atoms with Gasteiger partial charge in [-0.3, -0.25) is 19.2 Å². The molecule has 1 aliphatic heterocycles. The molecule has 4 N–H and O–H groups in total. The lowest BCUT2D eigenvalue weighted by molar-refractivity contribution is -0.145. The van der Waals surface area contributed by atoms with Gasteiger partial charge in [0.25, 0.3) is 15.9 Å². The molecule has 1 aliphatic carbocycles. The molecule has 1 saturated carbocycles. The molecule has 1 unspecified atom stereocenters. The summed E-state index contributed by atoms with van der Waals surface area (Å²) in [6.07, 6.45) is 6.67. The molecular formula is C37H56N6O7S2. The lowest BCUT2D eigenvalue weighted by Gasteiger charge is -2.39. The van der Waals surface area contributed by atoms with Crippen LogP contribution in [0.2, 0.25) is 0 Å². The lowest BCUT2D eigenvalue weighted by atomic mass is 9.85. The Morgan fingerprint density at radius 1 is 1.10 bits per heavy atom. The number of rotatable bonds is 15. The highest BCUT2D eigenvalue weighted by Crippen LogP contribution is 2.65. The van der Waals surface area contributed by atoms with Gasteiger partial charge in [0.1, 0.15) is 22.3 Å². The number of nitrogens with one attached hydrogen (secondary N) is 4. The van der Waals surface area contributed by atoms with E-state index in [1.807, 2.05) is 34.6 Å². The van der Waals surface area contributed by atoms with Gasteiger partial charge in [-0.05, 0) is 53.4 Å². The summed E-state index contributed by atoms with van der Waals surface area (Å²) in [5.41, 5.74) is -1.66. The van der Waals surface area contributed by atoms with Crippen molar-refractivity contribution >= 4 is 50.9 Å². The summed E-state index contributed by atoms with van der Waals surface area (Å²) in [4.78, 5) is 69.0. The Balaban J connectivity index is 1.86. The second kappa shape index (κ2) is 16.1. The number of Topliss-reactive ketones (excluding diaryl/α,β-unsaturated/α-hetero) is 1. The van der Waals surface area contributed by atoms with Gasteiger partial charge in [-0.25, -0.2) is 13.2 Å². The summed E-state index contributed by atoms with van der Waals surface area (Å²) in [5.74, 6) is -0.799. The third-order valence-corrected chi connectivity index (χ3v) is 13.5. The van der Waals surface area contributed by atoms with Gasteiger partial charge in [-0.15, -0.1) is 30.3 Å². The zero-order chi connectivity index (χ0) is 39.6. The molecule has 0 radical (unpaired) electrons. The molecule has 13 nitrogen and oxygen atoms in total. The minimum Gasteiger partial charge on any atom is -0.346 e. The maximum Gasteiger partial charge on any atom is 0.315 e. The molecule has 288 valence electrons. The van der Waals surface area contributed by atoms with Crippen LogP contribution in [0.15, 0.2) is 34.4 Å². The Hall–Kier alpha value is -3.74. The number of thiophene rings is 1. The minimum absolute atomic E-state index is 0.00287. The van der Waals surface area contributed by atoms with E-state index in [0.29, 0.717) is 0 Å². The molecule has 0 spiro atoms. The Kier molecular flexibility index (Phi) is 13.2. The van der Waals surface area contributed by atoms with Crippen molar-refractivity contribution in [2.45, 2.75) is 110 Å². The van der Waals surface area contributed by atoms with Gasteiger partial charge in [0.05, 0.1) is 0 Å². The van der Waals surface area contributed by atoms with Gasteiger partial charge < -0.3 is 26.2 Å². The Labute approximate surface area is 313 Å². The van der Waals surface area contributed by atoms with E-state index in [1.54, 1.807) is 52.1 Å². The number of ketones is 1. The number of amides is 5. The second-order valence-electron chi connectivity index (χ2n) is 16.7. The molecule has 15 heteroatoms. The Bertz CT molecular complexity index is 1670. The molecule has 5 amide bonds. The Morgan fingerprint density at radius 2 is 1.73 bits per heavy atom. The van der Waals surface area contributed by atoms with Gasteiger partial charge in [-0.2, -0.15) is 4.31 Å². The molecule has 1 aromatic rings. The number of carbonyl (C=O) groups excluding carboxylic acids is 5. The van der Waals surface area contributed by atoms with E-state index in [-0.39, 0.29) is 47.5 Å². The molecule has 1 aromatic heterocycles. The van der Waals surface area contributed by atoms with E-state index in [1.165, 1.54) is 15.3 Å². The first kappa shape index (κ1) is 42.7. The number of piperidine rings is 1. The maximum atomic E-state index is 14.4. The van der Waals surface area contributed by atoms with Crippen molar-refractivity contribution in [2.24, 2.45) is 28.1 Å². The van der Waals surface area contributed by atoms with Crippen molar-refractivity contribution in [3.63, 3.8) is 0 Å². The topological polar surface area (TPSA) is 174 Å². The van der Waals surface area contributed by atoms with Gasteiger partial charge >= 0.3 is 6.03 Å². The molecule has 0 bridgehead atoms. The highest BCUT2D eigenvalue weighted by molar-refractivity contribution is 7.91. The normalized spacial score (nSPS) is 21.3. The van der Waals surface area contributed by atoms with Crippen LogP contribution in [-0.2, 0) is 29.2 Å². The zero-order valence-electron chi connectivity index (χ0n) is 32.0. The molecule has 2 fully saturated rings. The summed E-state index contributed by atoms with van der Waals surface area (Å²) >= 11 is 1.12. The predicted octanol–water partition coefficient (Wildman–Crippen LogP) is 3.14. The molecule has 3 rings (SSSR count). The number of hydrogen-bond acceptors (Lipinski definition) is 8. The fourth-order valence-electron chi connectivity index (χ4n) is 6.78. The Morgan fingerprint density at radius 3 is 2.23 bits per heavy atom. The van der Waals surface area contributed by atoms with Crippen molar-refractivity contribution in [2.75, 3.05) is 19.6 Å². The number of nitrogens with zero attached hydrogens (tertiary/aromatic N) is 2. The van der Waals surface area contributed by atoms with Gasteiger partial charge in [0.2, 0.25) is 17.6 Å². The summed E-state index contributed by atoms with van der Waals surface area (Å²) in [5, 5.41) is 12.5. The first-order valence-electron chi connectivity index (χ1n) is 17.5. The van der Waals surface area contributed by atoms with E-state index < -0.39 is 80.6 Å². The fraction of sp³-hybridized carbons (Fsp3) is 0.649. The van der Waals surface area contributed by atoms with Gasteiger partial charge in [-0.1, -0.05) is 67.5 Å². The number of fused-ring (bicyclic) bond motifs is 1. The van der Waals surface area contributed by atoms with Crippen LogP contribution in [0.4, 0.5) is 4.79 Å². The van der Waals surface area contributed by atoms with Crippen LogP contribution in [0.3, 0.4) is 0 Å². The quantitative estimate of drug-likeness (QED) is 0.121. The number of urea groups is 1. The van der Waals surface area contributed by atoms with Crippen LogP contribution in [0, 0.1) is 40.4 Å². The summed E-state index contributed by atoms with van der Waals surface area (Å²) in [7, 11) is -3.85. The first-order valence-corrected chi connectivity index (χ1v) is 19.8. The van der Waals surface area contributed by atoms with E-state index in [0.717, 1.165) is 11.3 Å². The molecule has 2 aliphatic rings. The van der Waals surface area contributed by atoms with Crippen LogP contribution in [0.25, 0.3) is 0 Å². The summed E-state index contributed by atoms with van der Waals surface area (Å²) in [6, 6.07) is -1.88. The second-order valence-corrected chi connectivity index (χ2v) is 19.7. The van der Waals surface area contributed by atoms with Crippen LogP contribution in [0.5, 0.6) is 0 Å². The lowest BCUT2D eigenvalue weighted by Crippen LogP contribution is -2.63. The molecule has 52 heavy (non-hydrogen) atoms. The van der Waals surface area contributed by atoms with Crippen molar-refractivity contribution < 1.29 is 32.4 Å². The summed E-state index contributed by atoms with van der Waals surface area (Å²) in [6.45, 7) is 22.4. The molecule has 2 heterocycles. The number of carbonyl (C=O) groups is 5. The number of hydrogen-bond donors (Lipinski definition) is 4. The third-order valence-electron chi connectivity index (χ3n) is 10.1. The largest absolute Gasteiger partial charge is 0.346 e. The van der Waals surface area contributed by atoms with Crippen LogP contribution >= 0.6 is 11.3 Å². The van der Waals surface area contributed by atoms with E-state index in [2.05, 4.69) is 33.8 Å². The maximum absolute atomic E-state index is 14.4. The van der Waals surface area contributed by atoms with Crippen LogP contribution in [-0.4, -0.2) is 97.0 Å². The van der Waals surface area contributed by atoms with Crippen molar-refractivity contribution in [3.8, 4) is 12.3 Å². The highest BCUT2D eigenvalue weighted by Gasteiger charge is 2.70. The molecular weight excluding hydrogens is 705 g/mol. The molecule has 6 atom stereocenters. The molecule has 0 aromatic carbocycles. The smallest absolute Gasteiger partial charge is 0.315 e.